The highest BCUT2D eigenvalue weighted by molar-refractivity contribution is 7.99. The molecule has 2 aromatic heterocycles. The van der Waals surface area contributed by atoms with E-state index < -0.39 is 29.0 Å². The Hall–Kier alpha value is -3.21. The summed E-state index contributed by atoms with van der Waals surface area (Å²) in [5, 5.41) is 9.74. The maximum Gasteiger partial charge on any atom is 0.326 e. The number of aromatic amines is 2. The van der Waals surface area contributed by atoms with Crippen LogP contribution >= 0.6 is 23.4 Å². The Kier molecular flexibility index (Phi) is 7.01. The van der Waals surface area contributed by atoms with Crippen molar-refractivity contribution in [2.45, 2.75) is 17.9 Å². The lowest BCUT2D eigenvalue weighted by Crippen LogP contribution is -2.25. The number of aromatic nitrogens is 3. The van der Waals surface area contributed by atoms with E-state index in [-0.39, 0.29) is 33.8 Å². The predicted octanol–water partition coefficient (Wildman–Crippen LogP) is 4.05. The summed E-state index contributed by atoms with van der Waals surface area (Å²) in [6, 6.07) is 6.62. The summed E-state index contributed by atoms with van der Waals surface area (Å²) in [5.41, 5.74) is -0.327. The third kappa shape index (κ3) is 4.84. The molecule has 0 saturated heterocycles. The van der Waals surface area contributed by atoms with Crippen LogP contribution in [0.4, 0.5) is 8.78 Å². The molecule has 0 fully saturated rings. The van der Waals surface area contributed by atoms with Crippen LogP contribution in [0.1, 0.15) is 5.56 Å². The van der Waals surface area contributed by atoms with Gasteiger partial charge in [0.05, 0.1) is 22.5 Å². The number of rotatable bonds is 7. The highest BCUT2D eigenvalue weighted by atomic mass is 35.5. The number of nitrogens with one attached hydrogen (secondary N) is 2. The summed E-state index contributed by atoms with van der Waals surface area (Å²) in [7, 11) is 0. The van der Waals surface area contributed by atoms with Crippen molar-refractivity contribution >= 4 is 34.3 Å². The van der Waals surface area contributed by atoms with Gasteiger partial charge in [0, 0.05) is 40.2 Å². The number of benzene rings is 2. The number of fused-ring (bicyclic) bond motifs is 1. The van der Waals surface area contributed by atoms with Crippen LogP contribution in [0.25, 0.3) is 22.0 Å². The van der Waals surface area contributed by atoms with Gasteiger partial charge < -0.3 is 14.8 Å². The van der Waals surface area contributed by atoms with E-state index in [0.29, 0.717) is 27.8 Å². The number of aliphatic hydroxyl groups excluding tert-OH is 1. The van der Waals surface area contributed by atoms with Crippen molar-refractivity contribution in [2.24, 2.45) is 0 Å². The number of aryl methyl sites for hydroxylation is 1. The highest BCUT2D eigenvalue weighted by Gasteiger charge is 2.22. The fourth-order valence-corrected chi connectivity index (χ4v) is 4.92. The molecule has 2 aromatic carbocycles. The Morgan fingerprint density at radius 1 is 1.15 bits per heavy atom. The molecule has 0 amide bonds. The fraction of sp³-hybridized carbons (Fsp3) is 0.174. The molecule has 0 aliphatic rings. The number of nitrogens with zero attached hydrogens (tertiary/aromatic N) is 1. The maximum absolute atomic E-state index is 14.9. The monoisotopic (exact) mass is 505 g/mol. The molecule has 0 radical (unpaired) electrons. The van der Waals surface area contributed by atoms with E-state index in [1.54, 1.807) is 31.5 Å². The first-order chi connectivity index (χ1) is 16.3. The molecule has 0 bridgehead atoms. The van der Waals surface area contributed by atoms with E-state index in [1.807, 2.05) is 0 Å². The zero-order chi connectivity index (χ0) is 24.4. The lowest BCUT2D eigenvalue weighted by Gasteiger charge is -2.20. The maximum atomic E-state index is 14.9. The van der Waals surface area contributed by atoms with Gasteiger partial charge >= 0.3 is 5.69 Å². The third-order valence-electron chi connectivity index (χ3n) is 5.04. The number of thioether (sulfide) groups is 1. The van der Waals surface area contributed by atoms with Crippen molar-refractivity contribution in [3.05, 3.63) is 85.8 Å². The Balaban J connectivity index is 1.86. The van der Waals surface area contributed by atoms with Crippen LogP contribution < -0.4 is 16.0 Å². The largest absolute Gasteiger partial charge is 0.487 e. The van der Waals surface area contributed by atoms with Crippen LogP contribution in [0.15, 0.2) is 57.2 Å². The Morgan fingerprint density at radius 3 is 2.59 bits per heavy atom. The normalized spacial score (nSPS) is 12.1. The molecule has 4 rings (SSSR count). The molecule has 176 valence electrons. The van der Waals surface area contributed by atoms with Gasteiger partial charge in [0.25, 0.3) is 5.56 Å². The molecule has 0 unspecified atom stereocenters. The number of ether oxygens (including phenoxy) is 1. The van der Waals surface area contributed by atoms with Crippen molar-refractivity contribution < 1.29 is 18.6 Å². The molecule has 3 N–H and O–H groups in total. The molecule has 2 heterocycles. The molecule has 0 spiro atoms. The van der Waals surface area contributed by atoms with E-state index in [1.165, 1.54) is 6.07 Å². The Morgan fingerprint density at radius 2 is 1.88 bits per heavy atom. The van der Waals surface area contributed by atoms with Gasteiger partial charge in [-0.2, -0.15) is 0 Å². The summed E-state index contributed by atoms with van der Waals surface area (Å²) in [5.74, 6) is -1.10. The van der Waals surface area contributed by atoms with Crippen LogP contribution in [0.2, 0.25) is 5.02 Å². The van der Waals surface area contributed by atoms with Crippen molar-refractivity contribution in [1.82, 2.24) is 15.0 Å². The average molecular weight is 506 g/mol. The van der Waals surface area contributed by atoms with E-state index >= 15 is 0 Å². The van der Waals surface area contributed by atoms with E-state index in [0.717, 1.165) is 17.8 Å². The number of halogens is 3. The molecule has 7 nitrogen and oxygen atoms in total. The number of H-pyrrole nitrogens is 2. The van der Waals surface area contributed by atoms with Crippen molar-refractivity contribution in [2.75, 3.05) is 12.4 Å². The molecule has 4 aromatic rings. The van der Waals surface area contributed by atoms with Crippen LogP contribution in [-0.4, -0.2) is 38.5 Å². The first-order valence-electron chi connectivity index (χ1n) is 10.0. The average Bonchev–Trinajstić information content (AvgIpc) is 2.80. The molecular weight excluding hydrogens is 488 g/mol. The highest BCUT2D eigenvalue weighted by Crippen LogP contribution is 2.41. The second kappa shape index (κ2) is 9.96. The molecule has 0 aliphatic carbocycles. The Bertz CT molecular complexity index is 1480. The fourth-order valence-electron chi connectivity index (χ4n) is 3.51. The van der Waals surface area contributed by atoms with E-state index in [4.69, 9.17) is 16.3 Å². The topological polar surface area (TPSA) is 108 Å². The van der Waals surface area contributed by atoms with Gasteiger partial charge in [-0.25, -0.2) is 13.6 Å². The molecule has 0 aliphatic heterocycles. The lowest BCUT2D eigenvalue weighted by atomic mass is 9.98. The second-order valence-electron chi connectivity index (χ2n) is 7.39. The molecular formula is C23H18ClF2N3O4S. The van der Waals surface area contributed by atoms with Crippen molar-refractivity contribution in [1.29, 1.82) is 0 Å². The molecule has 1 atom stereocenters. The second-order valence-corrected chi connectivity index (χ2v) is 8.83. The van der Waals surface area contributed by atoms with Crippen LogP contribution in [0.5, 0.6) is 5.75 Å². The molecule has 34 heavy (non-hydrogen) atoms. The minimum Gasteiger partial charge on any atom is -0.487 e. The quantitative estimate of drug-likeness (QED) is 0.258. The summed E-state index contributed by atoms with van der Waals surface area (Å²) < 4.78 is 34.5. The number of pyridine rings is 1. The van der Waals surface area contributed by atoms with E-state index in [2.05, 4.69) is 15.0 Å². The number of hydrogen-bond donors (Lipinski definition) is 3. The van der Waals surface area contributed by atoms with Crippen LogP contribution in [-0.2, 0) is 0 Å². The smallest absolute Gasteiger partial charge is 0.326 e. The van der Waals surface area contributed by atoms with Gasteiger partial charge in [0.15, 0.2) is 0 Å². The zero-order valence-electron chi connectivity index (χ0n) is 17.7. The minimum atomic E-state index is -0.911. The van der Waals surface area contributed by atoms with Crippen molar-refractivity contribution in [3.63, 3.8) is 0 Å². The van der Waals surface area contributed by atoms with Crippen LogP contribution in [0, 0.1) is 18.6 Å². The summed E-state index contributed by atoms with van der Waals surface area (Å²) in [4.78, 5) is 33.6. The first kappa shape index (κ1) is 23.9. The molecule has 11 heteroatoms. The number of aliphatic hydroxyl groups is 1. The minimum absolute atomic E-state index is 0.00466. The molecule has 0 saturated carbocycles. The zero-order valence-corrected chi connectivity index (χ0v) is 19.3. The Labute approximate surface area is 200 Å². The lowest BCUT2D eigenvalue weighted by molar-refractivity contribution is 0.133. The van der Waals surface area contributed by atoms with Gasteiger partial charge in [0.1, 0.15) is 23.5 Å². The van der Waals surface area contributed by atoms with Crippen LogP contribution in [0.3, 0.4) is 0 Å². The summed E-state index contributed by atoms with van der Waals surface area (Å²) >= 11 is 7.08. The predicted molar refractivity (Wildman–Crippen MR) is 127 cm³/mol. The third-order valence-corrected chi connectivity index (χ3v) is 6.56. The van der Waals surface area contributed by atoms with Gasteiger partial charge in [-0.3, -0.25) is 14.8 Å². The van der Waals surface area contributed by atoms with Gasteiger partial charge in [-0.1, -0.05) is 11.6 Å². The summed E-state index contributed by atoms with van der Waals surface area (Å²) in [6.45, 7) is 1.33. The van der Waals surface area contributed by atoms with Gasteiger partial charge in [-0.15, -0.1) is 11.8 Å². The van der Waals surface area contributed by atoms with Crippen molar-refractivity contribution in [3.8, 4) is 16.9 Å². The summed E-state index contributed by atoms with van der Waals surface area (Å²) in [6.07, 6.45) is 2.41. The van der Waals surface area contributed by atoms with Gasteiger partial charge in [0.2, 0.25) is 0 Å². The number of hydrogen-bond acceptors (Lipinski definition) is 6. The van der Waals surface area contributed by atoms with E-state index in [9.17, 15) is 23.5 Å². The first-order valence-corrected chi connectivity index (χ1v) is 11.4. The standard InChI is InChI=1S/C23H18ClF2N3O4S/c1-11-6-15-20(28-23(32)29-22(15)31)21(19(11)14-7-16(24)18(26)8-17(14)25)34-10-13(9-30)33-12-2-4-27-5-3-12/h2-8,13,30H,9-10H2,1H3,(H2,28,29,31,32)/t13-/m0/s1. The SMILES string of the molecule is Cc1cc2c(=O)[nH]c(=O)[nH]c2c(SC[C@H](CO)Oc2ccncc2)c1-c1cc(Cl)c(F)cc1F. The van der Waals surface area contributed by atoms with Gasteiger partial charge in [-0.05, 0) is 36.8 Å².